The van der Waals surface area contributed by atoms with Crippen LogP contribution in [0, 0.1) is 18.3 Å². The molecule has 1 fully saturated rings. The Morgan fingerprint density at radius 2 is 2.19 bits per heavy atom. The molecule has 0 unspecified atom stereocenters. The van der Waals surface area contributed by atoms with Crippen molar-refractivity contribution in [2.24, 2.45) is 5.92 Å². The van der Waals surface area contributed by atoms with Gasteiger partial charge in [0.1, 0.15) is 0 Å². The molecular formula is C15H15ClN2O3. The molecule has 21 heavy (non-hydrogen) atoms. The van der Waals surface area contributed by atoms with E-state index in [1.54, 1.807) is 11.0 Å². The molecule has 0 spiro atoms. The topological polar surface area (TPSA) is 69.6 Å². The monoisotopic (exact) mass is 306 g/mol. The van der Waals surface area contributed by atoms with E-state index < -0.39 is 5.97 Å². The minimum Gasteiger partial charge on any atom is -0.478 e. The van der Waals surface area contributed by atoms with E-state index in [0.29, 0.717) is 18.2 Å². The predicted octanol–water partition coefficient (Wildman–Crippen LogP) is 2.92. The number of hydrogen-bond acceptors (Lipinski definition) is 2. The summed E-state index contributed by atoms with van der Waals surface area (Å²) in [6.07, 6.45) is 7.49. The molecule has 2 amide bonds. The quantitative estimate of drug-likeness (QED) is 0.822. The molecule has 1 saturated carbocycles. The first-order chi connectivity index (χ1) is 10.0. The number of amides is 2. The van der Waals surface area contributed by atoms with Crippen LogP contribution in [0.2, 0.25) is 5.02 Å². The third kappa shape index (κ3) is 4.14. The molecule has 6 heteroatoms. The summed E-state index contributed by atoms with van der Waals surface area (Å²) < 4.78 is 0. The van der Waals surface area contributed by atoms with E-state index in [4.69, 9.17) is 23.1 Å². The number of rotatable bonds is 5. The Hall–Kier alpha value is -2.19. The third-order valence-electron chi connectivity index (χ3n) is 3.19. The molecule has 1 aromatic carbocycles. The van der Waals surface area contributed by atoms with Crippen LogP contribution in [0.25, 0.3) is 0 Å². The molecule has 0 aliphatic heterocycles. The maximum atomic E-state index is 12.2. The Morgan fingerprint density at radius 3 is 2.76 bits per heavy atom. The van der Waals surface area contributed by atoms with Crippen LogP contribution in [-0.4, -0.2) is 35.1 Å². The lowest BCUT2D eigenvalue weighted by Gasteiger charge is -2.20. The average molecular weight is 307 g/mol. The van der Waals surface area contributed by atoms with Gasteiger partial charge in [-0.1, -0.05) is 17.5 Å². The average Bonchev–Trinajstić information content (AvgIpc) is 3.24. The fraction of sp³-hybridized carbons (Fsp3) is 0.333. The standard InChI is InChI=1S/C15H15ClN2O3/c1-2-7-18(9-10-3-4-10)15(21)17-11-5-6-13(16)12(8-11)14(19)20/h1,5-6,8,10H,3-4,7,9H2,(H,17,21)(H,19,20). The summed E-state index contributed by atoms with van der Waals surface area (Å²) in [7, 11) is 0. The Balaban J connectivity index is 2.08. The minimum absolute atomic E-state index is 0.0554. The fourth-order valence-electron chi connectivity index (χ4n) is 1.91. The van der Waals surface area contributed by atoms with E-state index in [9.17, 15) is 9.59 Å². The van der Waals surface area contributed by atoms with Gasteiger partial charge >= 0.3 is 12.0 Å². The number of carbonyl (C=O) groups is 2. The molecule has 2 rings (SSSR count). The van der Waals surface area contributed by atoms with E-state index in [1.165, 1.54) is 12.1 Å². The highest BCUT2D eigenvalue weighted by Gasteiger charge is 2.26. The van der Waals surface area contributed by atoms with Crippen molar-refractivity contribution in [3.05, 3.63) is 28.8 Å². The van der Waals surface area contributed by atoms with Crippen LogP contribution < -0.4 is 5.32 Å². The molecule has 1 aromatic rings. The molecule has 0 atom stereocenters. The molecule has 1 aliphatic rings. The van der Waals surface area contributed by atoms with Crippen molar-refractivity contribution in [3.8, 4) is 12.3 Å². The SMILES string of the molecule is C#CCN(CC1CC1)C(=O)Nc1ccc(Cl)c(C(=O)O)c1. The highest BCUT2D eigenvalue weighted by Crippen LogP contribution is 2.30. The van der Waals surface area contributed by atoms with Crippen molar-refractivity contribution in [1.29, 1.82) is 0 Å². The van der Waals surface area contributed by atoms with Crippen molar-refractivity contribution in [2.45, 2.75) is 12.8 Å². The Bertz CT molecular complexity index is 605. The van der Waals surface area contributed by atoms with Crippen LogP contribution in [0.3, 0.4) is 0 Å². The van der Waals surface area contributed by atoms with Gasteiger partial charge in [-0.15, -0.1) is 6.42 Å². The van der Waals surface area contributed by atoms with Crippen molar-refractivity contribution in [2.75, 3.05) is 18.4 Å². The van der Waals surface area contributed by atoms with Gasteiger partial charge in [-0.25, -0.2) is 9.59 Å². The normalized spacial score (nSPS) is 13.3. The van der Waals surface area contributed by atoms with Gasteiger partial charge in [0, 0.05) is 12.2 Å². The molecule has 110 valence electrons. The van der Waals surface area contributed by atoms with E-state index in [0.717, 1.165) is 12.8 Å². The molecule has 0 aromatic heterocycles. The zero-order valence-electron chi connectivity index (χ0n) is 11.3. The highest BCUT2D eigenvalue weighted by atomic mass is 35.5. The van der Waals surface area contributed by atoms with Gasteiger partial charge in [-0.05, 0) is 37.0 Å². The van der Waals surface area contributed by atoms with Gasteiger partial charge in [0.25, 0.3) is 0 Å². The first-order valence-electron chi connectivity index (χ1n) is 6.53. The number of nitrogens with one attached hydrogen (secondary N) is 1. The number of hydrogen-bond donors (Lipinski definition) is 2. The number of aromatic carboxylic acids is 1. The summed E-state index contributed by atoms with van der Waals surface area (Å²) in [6.45, 7) is 0.844. The van der Waals surface area contributed by atoms with Crippen molar-refractivity contribution in [1.82, 2.24) is 4.90 Å². The lowest BCUT2D eigenvalue weighted by Crippen LogP contribution is -2.36. The van der Waals surface area contributed by atoms with E-state index in [1.807, 2.05) is 0 Å². The van der Waals surface area contributed by atoms with Crippen molar-refractivity contribution >= 4 is 29.3 Å². The van der Waals surface area contributed by atoms with Crippen LogP contribution >= 0.6 is 11.6 Å². The Kier molecular flexibility index (Phi) is 4.71. The van der Waals surface area contributed by atoms with Crippen molar-refractivity contribution in [3.63, 3.8) is 0 Å². The molecule has 0 bridgehead atoms. The van der Waals surface area contributed by atoms with E-state index in [2.05, 4.69) is 11.2 Å². The third-order valence-corrected chi connectivity index (χ3v) is 3.52. The Labute approximate surface area is 127 Å². The second kappa shape index (κ2) is 6.51. The minimum atomic E-state index is -1.14. The van der Waals surface area contributed by atoms with Crippen LogP contribution in [0.1, 0.15) is 23.2 Å². The van der Waals surface area contributed by atoms with Gasteiger partial charge in [0.05, 0.1) is 17.1 Å². The number of benzene rings is 1. The second-order valence-electron chi connectivity index (χ2n) is 4.96. The number of nitrogens with zero attached hydrogens (tertiary/aromatic N) is 1. The smallest absolute Gasteiger partial charge is 0.337 e. The number of carbonyl (C=O) groups excluding carboxylic acids is 1. The molecule has 5 nitrogen and oxygen atoms in total. The summed E-state index contributed by atoms with van der Waals surface area (Å²) in [5, 5.41) is 11.8. The summed E-state index contributed by atoms with van der Waals surface area (Å²) >= 11 is 5.79. The molecule has 0 heterocycles. The zero-order valence-corrected chi connectivity index (χ0v) is 12.1. The Morgan fingerprint density at radius 1 is 1.48 bits per heavy atom. The number of carboxylic acids is 1. The largest absolute Gasteiger partial charge is 0.478 e. The summed E-state index contributed by atoms with van der Waals surface area (Å²) in [4.78, 5) is 24.7. The summed E-state index contributed by atoms with van der Waals surface area (Å²) in [6, 6.07) is 3.98. The van der Waals surface area contributed by atoms with Gasteiger partial charge in [-0.2, -0.15) is 0 Å². The van der Waals surface area contributed by atoms with Gasteiger partial charge in [0.2, 0.25) is 0 Å². The highest BCUT2D eigenvalue weighted by molar-refractivity contribution is 6.33. The summed E-state index contributed by atoms with van der Waals surface area (Å²) in [5.41, 5.74) is 0.319. The van der Waals surface area contributed by atoms with Gasteiger partial charge < -0.3 is 15.3 Å². The predicted molar refractivity (Wildman–Crippen MR) is 80.6 cm³/mol. The van der Waals surface area contributed by atoms with Crippen molar-refractivity contribution < 1.29 is 14.7 Å². The van der Waals surface area contributed by atoms with Gasteiger partial charge in [0.15, 0.2) is 0 Å². The van der Waals surface area contributed by atoms with Gasteiger partial charge in [-0.3, -0.25) is 0 Å². The maximum Gasteiger partial charge on any atom is 0.337 e. The van der Waals surface area contributed by atoms with E-state index >= 15 is 0 Å². The number of urea groups is 1. The lowest BCUT2D eigenvalue weighted by atomic mass is 10.2. The zero-order chi connectivity index (χ0) is 15.4. The number of carboxylic acid groups (broad SMARTS) is 1. The molecule has 2 N–H and O–H groups in total. The molecule has 0 saturated heterocycles. The molecular weight excluding hydrogens is 292 g/mol. The fourth-order valence-corrected chi connectivity index (χ4v) is 2.11. The van der Waals surface area contributed by atoms with E-state index in [-0.39, 0.29) is 23.2 Å². The molecule has 1 aliphatic carbocycles. The number of anilines is 1. The van der Waals surface area contributed by atoms with Crippen LogP contribution in [-0.2, 0) is 0 Å². The first kappa shape index (κ1) is 15.2. The second-order valence-corrected chi connectivity index (χ2v) is 5.37. The van der Waals surface area contributed by atoms with Crippen LogP contribution in [0.15, 0.2) is 18.2 Å². The number of terminal acetylenes is 1. The first-order valence-corrected chi connectivity index (χ1v) is 6.91. The van der Waals surface area contributed by atoms with Crippen LogP contribution in [0.4, 0.5) is 10.5 Å². The maximum absolute atomic E-state index is 12.2. The summed E-state index contributed by atoms with van der Waals surface area (Å²) in [5.74, 6) is 1.83. The molecule has 0 radical (unpaired) electrons. The van der Waals surface area contributed by atoms with Crippen LogP contribution in [0.5, 0.6) is 0 Å². The number of halogens is 1. The lowest BCUT2D eigenvalue weighted by molar-refractivity contribution is 0.0697.